The van der Waals surface area contributed by atoms with Crippen LogP contribution in [0, 0.1) is 5.92 Å². The van der Waals surface area contributed by atoms with Gasteiger partial charge in [0, 0.05) is 34.3 Å². The SMILES string of the molecule is CC(C)C(=O)Nc1ccc(/C(C(N)=O)=C2\CC(C(=O)O)Nc3cc(Cl)cc(Cl)c32)cc1. The molecule has 31 heavy (non-hydrogen) atoms. The number of benzene rings is 2. The van der Waals surface area contributed by atoms with Gasteiger partial charge in [0.15, 0.2) is 0 Å². The number of carboxylic acids is 1. The lowest BCUT2D eigenvalue weighted by Gasteiger charge is -2.29. The molecular formula is C22H21Cl2N3O4. The van der Waals surface area contributed by atoms with Gasteiger partial charge in [0.2, 0.25) is 11.8 Å². The first-order valence-electron chi connectivity index (χ1n) is 9.51. The highest BCUT2D eigenvalue weighted by molar-refractivity contribution is 6.38. The van der Waals surface area contributed by atoms with E-state index in [4.69, 9.17) is 28.9 Å². The van der Waals surface area contributed by atoms with Crippen molar-refractivity contribution in [2.75, 3.05) is 10.6 Å². The van der Waals surface area contributed by atoms with Gasteiger partial charge < -0.3 is 21.5 Å². The summed E-state index contributed by atoms with van der Waals surface area (Å²) in [6.07, 6.45) is -0.00615. The molecule has 7 nitrogen and oxygen atoms in total. The number of primary amides is 1. The number of hydrogen-bond acceptors (Lipinski definition) is 4. The molecular weight excluding hydrogens is 441 g/mol. The highest BCUT2D eigenvalue weighted by atomic mass is 35.5. The lowest BCUT2D eigenvalue weighted by Crippen LogP contribution is -2.33. The van der Waals surface area contributed by atoms with Crippen LogP contribution in [-0.4, -0.2) is 28.9 Å². The lowest BCUT2D eigenvalue weighted by atomic mass is 9.86. The Morgan fingerprint density at radius 3 is 2.35 bits per heavy atom. The van der Waals surface area contributed by atoms with Crippen LogP contribution in [-0.2, 0) is 14.4 Å². The molecule has 0 saturated heterocycles. The van der Waals surface area contributed by atoms with Gasteiger partial charge in [0.1, 0.15) is 6.04 Å². The molecule has 0 saturated carbocycles. The van der Waals surface area contributed by atoms with Crippen LogP contribution in [0.1, 0.15) is 31.4 Å². The summed E-state index contributed by atoms with van der Waals surface area (Å²) in [4.78, 5) is 36.1. The molecule has 1 aliphatic rings. The summed E-state index contributed by atoms with van der Waals surface area (Å²) in [5.41, 5.74) is 8.21. The van der Waals surface area contributed by atoms with Crippen molar-refractivity contribution in [3.05, 3.63) is 57.6 Å². The molecule has 0 radical (unpaired) electrons. The monoisotopic (exact) mass is 461 g/mol. The number of carbonyl (C=O) groups is 3. The number of anilines is 2. The molecule has 0 bridgehead atoms. The number of nitrogens with two attached hydrogens (primary N) is 1. The second-order valence-electron chi connectivity index (χ2n) is 7.49. The maximum atomic E-state index is 12.5. The third kappa shape index (κ3) is 4.84. The predicted molar refractivity (Wildman–Crippen MR) is 122 cm³/mol. The number of aliphatic carboxylic acids is 1. The number of amides is 2. The molecule has 0 aliphatic carbocycles. The van der Waals surface area contributed by atoms with Crippen molar-refractivity contribution in [2.24, 2.45) is 11.7 Å². The third-order valence-corrected chi connectivity index (χ3v) is 5.42. The van der Waals surface area contributed by atoms with E-state index in [1.807, 2.05) is 0 Å². The number of halogens is 2. The average molecular weight is 462 g/mol. The van der Waals surface area contributed by atoms with Crippen molar-refractivity contribution in [1.29, 1.82) is 0 Å². The van der Waals surface area contributed by atoms with E-state index in [2.05, 4.69) is 10.6 Å². The van der Waals surface area contributed by atoms with E-state index in [1.165, 1.54) is 6.07 Å². The largest absolute Gasteiger partial charge is 0.480 e. The molecule has 0 aromatic heterocycles. The summed E-state index contributed by atoms with van der Waals surface area (Å²) in [5.74, 6) is -2.13. The summed E-state index contributed by atoms with van der Waals surface area (Å²) in [7, 11) is 0. The fourth-order valence-corrected chi connectivity index (χ4v) is 3.99. The highest BCUT2D eigenvalue weighted by Gasteiger charge is 2.32. The molecule has 0 fully saturated rings. The number of rotatable bonds is 5. The molecule has 9 heteroatoms. The highest BCUT2D eigenvalue weighted by Crippen LogP contribution is 2.43. The van der Waals surface area contributed by atoms with Gasteiger partial charge in [-0.05, 0) is 35.4 Å². The Morgan fingerprint density at radius 1 is 1.16 bits per heavy atom. The number of nitrogens with one attached hydrogen (secondary N) is 2. The molecule has 1 heterocycles. The quantitative estimate of drug-likeness (QED) is 0.495. The minimum absolute atomic E-state index is 0.00615. The molecule has 1 atom stereocenters. The van der Waals surface area contributed by atoms with E-state index >= 15 is 0 Å². The van der Waals surface area contributed by atoms with Crippen LogP contribution < -0.4 is 16.4 Å². The van der Waals surface area contributed by atoms with Gasteiger partial charge in [-0.15, -0.1) is 0 Å². The summed E-state index contributed by atoms with van der Waals surface area (Å²) in [6, 6.07) is 8.68. The van der Waals surface area contributed by atoms with Crippen LogP contribution in [0.4, 0.5) is 11.4 Å². The van der Waals surface area contributed by atoms with E-state index < -0.39 is 17.9 Å². The van der Waals surface area contributed by atoms with E-state index in [9.17, 15) is 19.5 Å². The van der Waals surface area contributed by atoms with E-state index in [-0.39, 0.29) is 28.8 Å². The molecule has 1 aliphatic heterocycles. The molecule has 0 spiro atoms. The molecule has 162 valence electrons. The van der Waals surface area contributed by atoms with E-state index in [0.29, 0.717) is 33.1 Å². The van der Waals surface area contributed by atoms with Crippen molar-refractivity contribution in [1.82, 2.24) is 0 Å². The first kappa shape index (κ1) is 22.7. The minimum atomic E-state index is -1.09. The zero-order chi connectivity index (χ0) is 22.9. The van der Waals surface area contributed by atoms with Crippen molar-refractivity contribution in [3.8, 4) is 0 Å². The topological polar surface area (TPSA) is 122 Å². The molecule has 2 aromatic rings. The maximum Gasteiger partial charge on any atom is 0.326 e. The molecule has 3 rings (SSSR count). The summed E-state index contributed by atoms with van der Waals surface area (Å²) in [5, 5.41) is 15.8. The van der Waals surface area contributed by atoms with Gasteiger partial charge in [-0.25, -0.2) is 4.79 Å². The first-order valence-corrected chi connectivity index (χ1v) is 10.3. The number of hydrogen-bond donors (Lipinski definition) is 4. The summed E-state index contributed by atoms with van der Waals surface area (Å²) < 4.78 is 0. The Labute approximate surface area is 189 Å². The van der Waals surface area contributed by atoms with Crippen molar-refractivity contribution < 1.29 is 19.5 Å². The second kappa shape index (κ2) is 8.99. The normalized spacial score (nSPS) is 16.9. The Hall–Kier alpha value is -3.03. The minimum Gasteiger partial charge on any atom is -0.480 e. The van der Waals surface area contributed by atoms with Gasteiger partial charge in [-0.3, -0.25) is 9.59 Å². The standard InChI is InChI=1S/C22H21Cl2N3O4/c1-10(2)21(29)26-13-5-3-11(4-6-13)18(20(25)28)14-9-17(22(30)31)27-16-8-12(23)7-15(24)19(14)16/h3-8,10,17,27H,9H2,1-2H3,(H2,25,28)(H,26,29)(H,30,31)/b18-14-. The fraction of sp³-hybridized carbons (Fsp3) is 0.227. The number of carbonyl (C=O) groups excluding carboxylic acids is 2. The van der Waals surface area contributed by atoms with Crippen molar-refractivity contribution in [2.45, 2.75) is 26.3 Å². The van der Waals surface area contributed by atoms with Gasteiger partial charge in [-0.1, -0.05) is 49.2 Å². The third-order valence-electron chi connectivity index (χ3n) is 4.91. The lowest BCUT2D eigenvalue weighted by molar-refractivity contribution is -0.137. The first-order chi connectivity index (χ1) is 14.6. The number of fused-ring (bicyclic) bond motifs is 1. The van der Waals surface area contributed by atoms with E-state index in [1.54, 1.807) is 44.2 Å². The summed E-state index contributed by atoms with van der Waals surface area (Å²) in [6.45, 7) is 3.56. The van der Waals surface area contributed by atoms with Crippen LogP contribution >= 0.6 is 23.2 Å². The van der Waals surface area contributed by atoms with E-state index in [0.717, 1.165) is 0 Å². The Kier molecular flexibility index (Phi) is 6.57. The molecule has 5 N–H and O–H groups in total. The molecule has 1 unspecified atom stereocenters. The zero-order valence-corrected chi connectivity index (χ0v) is 18.3. The van der Waals surface area contributed by atoms with Gasteiger partial charge in [-0.2, -0.15) is 0 Å². The van der Waals surface area contributed by atoms with Crippen LogP contribution in [0.5, 0.6) is 0 Å². The fourth-order valence-electron chi connectivity index (χ4n) is 3.39. The van der Waals surface area contributed by atoms with Crippen LogP contribution in [0.25, 0.3) is 11.1 Å². The second-order valence-corrected chi connectivity index (χ2v) is 8.33. The van der Waals surface area contributed by atoms with Crippen LogP contribution in [0.15, 0.2) is 36.4 Å². The zero-order valence-electron chi connectivity index (χ0n) is 16.8. The number of carboxylic acid groups (broad SMARTS) is 1. The van der Waals surface area contributed by atoms with Crippen LogP contribution in [0.3, 0.4) is 0 Å². The molecule has 2 aromatic carbocycles. The Balaban J connectivity index is 2.15. The van der Waals surface area contributed by atoms with Crippen molar-refractivity contribution in [3.63, 3.8) is 0 Å². The Morgan fingerprint density at radius 2 is 1.81 bits per heavy atom. The van der Waals surface area contributed by atoms with Gasteiger partial charge >= 0.3 is 5.97 Å². The van der Waals surface area contributed by atoms with Gasteiger partial charge in [0.05, 0.1) is 10.6 Å². The van der Waals surface area contributed by atoms with Gasteiger partial charge in [0.25, 0.3) is 0 Å². The van der Waals surface area contributed by atoms with Crippen molar-refractivity contribution >= 4 is 63.5 Å². The maximum absolute atomic E-state index is 12.5. The predicted octanol–water partition coefficient (Wildman–Crippen LogP) is 4.25. The van der Waals surface area contributed by atoms with Crippen LogP contribution in [0.2, 0.25) is 10.0 Å². The average Bonchev–Trinajstić information content (AvgIpc) is 2.68. The molecule has 2 amide bonds. The smallest absolute Gasteiger partial charge is 0.326 e. The Bertz CT molecular complexity index is 1090. The summed E-state index contributed by atoms with van der Waals surface area (Å²) >= 11 is 12.5.